The van der Waals surface area contributed by atoms with Gasteiger partial charge in [-0.25, -0.2) is 9.48 Å². The SMILES string of the molecule is Cc1ccn(-c2ccc(NC(=O)Nc3cccc(Cl)c3Cl)cc2)n1. The summed E-state index contributed by atoms with van der Waals surface area (Å²) in [5, 5.41) is 10.4. The minimum absolute atomic E-state index is 0.304. The molecule has 0 saturated heterocycles. The van der Waals surface area contributed by atoms with Crippen LogP contribution in [-0.2, 0) is 0 Å². The van der Waals surface area contributed by atoms with E-state index in [1.54, 1.807) is 35.0 Å². The highest BCUT2D eigenvalue weighted by Crippen LogP contribution is 2.29. The summed E-state index contributed by atoms with van der Waals surface area (Å²) in [5.74, 6) is 0. The molecular weight excluding hydrogens is 347 g/mol. The van der Waals surface area contributed by atoms with Crippen LogP contribution in [-0.4, -0.2) is 15.8 Å². The third-order valence-electron chi connectivity index (χ3n) is 3.31. The van der Waals surface area contributed by atoms with Crippen molar-refractivity contribution in [3.05, 3.63) is 70.5 Å². The molecule has 2 N–H and O–H groups in total. The van der Waals surface area contributed by atoms with E-state index in [0.29, 0.717) is 21.4 Å². The Morgan fingerprint density at radius 1 is 1.04 bits per heavy atom. The third-order valence-corrected chi connectivity index (χ3v) is 4.13. The maximum Gasteiger partial charge on any atom is 0.323 e. The van der Waals surface area contributed by atoms with Gasteiger partial charge in [-0.15, -0.1) is 0 Å². The fourth-order valence-electron chi connectivity index (χ4n) is 2.14. The van der Waals surface area contributed by atoms with E-state index in [4.69, 9.17) is 23.2 Å². The average molecular weight is 361 g/mol. The largest absolute Gasteiger partial charge is 0.323 e. The van der Waals surface area contributed by atoms with E-state index in [1.165, 1.54) is 0 Å². The predicted molar refractivity (Wildman–Crippen MR) is 97.4 cm³/mol. The standard InChI is InChI=1S/C17H14Cl2N4O/c1-11-9-10-23(22-11)13-7-5-12(6-8-13)20-17(24)21-15-4-2-3-14(18)16(15)19/h2-10H,1H3,(H2,20,21,24). The van der Waals surface area contributed by atoms with Crippen LogP contribution in [0.25, 0.3) is 5.69 Å². The summed E-state index contributed by atoms with van der Waals surface area (Å²) in [7, 11) is 0. The molecule has 1 heterocycles. The van der Waals surface area contributed by atoms with E-state index >= 15 is 0 Å². The second-order valence-corrected chi connectivity index (χ2v) is 5.91. The second-order valence-electron chi connectivity index (χ2n) is 5.13. The van der Waals surface area contributed by atoms with Crippen molar-refractivity contribution in [1.82, 2.24) is 9.78 Å². The first-order chi connectivity index (χ1) is 11.5. The highest BCUT2D eigenvalue weighted by atomic mass is 35.5. The predicted octanol–water partition coefficient (Wildman–Crippen LogP) is 5.13. The van der Waals surface area contributed by atoms with E-state index < -0.39 is 6.03 Å². The number of hydrogen-bond acceptors (Lipinski definition) is 2. The van der Waals surface area contributed by atoms with Gasteiger partial charge in [0.2, 0.25) is 0 Å². The minimum atomic E-state index is -0.401. The monoisotopic (exact) mass is 360 g/mol. The first-order valence-electron chi connectivity index (χ1n) is 7.17. The van der Waals surface area contributed by atoms with Gasteiger partial charge in [-0.2, -0.15) is 5.10 Å². The normalized spacial score (nSPS) is 10.5. The van der Waals surface area contributed by atoms with E-state index in [2.05, 4.69) is 15.7 Å². The lowest BCUT2D eigenvalue weighted by atomic mass is 10.3. The molecule has 0 bridgehead atoms. The molecule has 122 valence electrons. The van der Waals surface area contributed by atoms with Crippen LogP contribution in [0.15, 0.2) is 54.7 Å². The molecule has 0 spiro atoms. The van der Waals surface area contributed by atoms with Crippen LogP contribution in [0, 0.1) is 6.92 Å². The molecule has 0 fully saturated rings. The lowest BCUT2D eigenvalue weighted by Crippen LogP contribution is -2.19. The summed E-state index contributed by atoms with van der Waals surface area (Å²) in [5.41, 5.74) is 2.95. The Balaban J connectivity index is 1.67. The van der Waals surface area contributed by atoms with Gasteiger partial charge in [-0.3, -0.25) is 0 Å². The van der Waals surface area contributed by atoms with E-state index in [0.717, 1.165) is 11.4 Å². The van der Waals surface area contributed by atoms with E-state index in [1.807, 2.05) is 31.3 Å². The van der Waals surface area contributed by atoms with Crippen molar-refractivity contribution < 1.29 is 4.79 Å². The highest BCUT2D eigenvalue weighted by molar-refractivity contribution is 6.44. The van der Waals surface area contributed by atoms with Crippen molar-refractivity contribution in [3.63, 3.8) is 0 Å². The maximum absolute atomic E-state index is 12.1. The molecule has 3 rings (SSSR count). The Hall–Kier alpha value is -2.50. The van der Waals surface area contributed by atoms with Crippen LogP contribution < -0.4 is 10.6 Å². The zero-order valence-electron chi connectivity index (χ0n) is 12.8. The topological polar surface area (TPSA) is 59.0 Å². The zero-order chi connectivity index (χ0) is 17.1. The van der Waals surface area contributed by atoms with Crippen LogP contribution >= 0.6 is 23.2 Å². The summed E-state index contributed by atoms with van der Waals surface area (Å²) < 4.78 is 1.77. The molecular formula is C17H14Cl2N4O. The molecule has 5 nitrogen and oxygen atoms in total. The quantitative estimate of drug-likeness (QED) is 0.679. The van der Waals surface area contributed by atoms with Gasteiger partial charge in [0, 0.05) is 11.9 Å². The zero-order valence-corrected chi connectivity index (χ0v) is 14.3. The van der Waals surface area contributed by atoms with Crippen molar-refractivity contribution in [2.75, 3.05) is 10.6 Å². The molecule has 24 heavy (non-hydrogen) atoms. The van der Waals surface area contributed by atoms with Crippen molar-refractivity contribution in [3.8, 4) is 5.69 Å². The summed E-state index contributed by atoms with van der Waals surface area (Å²) in [4.78, 5) is 12.1. The fourth-order valence-corrected chi connectivity index (χ4v) is 2.49. The van der Waals surface area contributed by atoms with Gasteiger partial charge < -0.3 is 10.6 Å². The number of carbonyl (C=O) groups excluding carboxylic acids is 1. The molecule has 0 aliphatic carbocycles. The molecule has 3 aromatic rings. The van der Waals surface area contributed by atoms with Crippen molar-refractivity contribution in [2.24, 2.45) is 0 Å². The minimum Gasteiger partial charge on any atom is -0.308 e. The van der Waals surface area contributed by atoms with Gasteiger partial charge in [-0.05, 0) is 49.4 Å². The Morgan fingerprint density at radius 3 is 2.46 bits per heavy atom. The fraction of sp³-hybridized carbons (Fsp3) is 0.0588. The van der Waals surface area contributed by atoms with E-state index in [9.17, 15) is 4.79 Å². The van der Waals surface area contributed by atoms with Gasteiger partial charge in [0.1, 0.15) is 0 Å². The molecule has 1 aromatic heterocycles. The van der Waals surface area contributed by atoms with Gasteiger partial charge in [-0.1, -0.05) is 29.3 Å². The van der Waals surface area contributed by atoms with Crippen LogP contribution in [0.2, 0.25) is 10.0 Å². The maximum atomic E-state index is 12.1. The van der Waals surface area contributed by atoms with Crippen LogP contribution in [0.4, 0.5) is 16.2 Å². The number of nitrogens with zero attached hydrogens (tertiary/aromatic N) is 2. The smallest absolute Gasteiger partial charge is 0.308 e. The average Bonchev–Trinajstić information content (AvgIpc) is 2.99. The van der Waals surface area contributed by atoms with E-state index in [-0.39, 0.29) is 0 Å². The molecule has 2 amide bonds. The van der Waals surface area contributed by atoms with Gasteiger partial charge in [0.25, 0.3) is 0 Å². The van der Waals surface area contributed by atoms with Gasteiger partial charge in [0.15, 0.2) is 0 Å². The summed E-state index contributed by atoms with van der Waals surface area (Å²) in [6.45, 7) is 1.93. The lowest BCUT2D eigenvalue weighted by molar-refractivity contribution is 0.262. The number of halogens is 2. The third kappa shape index (κ3) is 3.69. The number of urea groups is 1. The molecule has 0 atom stereocenters. The first kappa shape index (κ1) is 16.4. The number of anilines is 2. The second kappa shape index (κ2) is 6.95. The van der Waals surface area contributed by atoms with Crippen LogP contribution in [0.1, 0.15) is 5.69 Å². The number of nitrogens with one attached hydrogen (secondary N) is 2. The Labute approximate surface area is 149 Å². The molecule has 0 saturated carbocycles. The van der Waals surface area contributed by atoms with Crippen LogP contribution in [0.3, 0.4) is 0 Å². The molecule has 0 unspecified atom stereocenters. The Morgan fingerprint density at radius 2 is 1.79 bits per heavy atom. The summed E-state index contributed by atoms with van der Waals surface area (Å²) in [6, 6.07) is 13.9. The number of aryl methyl sites for hydroxylation is 1. The highest BCUT2D eigenvalue weighted by Gasteiger charge is 2.08. The number of rotatable bonds is 3. The number of amides is 2. The molecule has 0 aliphatic heterocycles. The summed E-state index contributed by atoms with van der Waals surface area (Å²) in [6.07, 6.45) is 1.88. The molecule has 0 radical (unpaired) electrons. The molecule has 0 aliphatic rings. The molecule has 2 aromatic carbocycles. The Bertz CT molecular complexity index is 875. The van der Waals surface area contributed by atoms with Crippen LogP contribution in [0.5, 0.6) is 0 Å². The Kier molecular flexibility index (Phi) is 4.74. The van der Waals surface area contributed by atoms with Crippen molar-refractivity contribution >= 4 is 40.6 Å². The number of carbonyl (C=O) groups is 1. The number of hydrogen-bond donors (Lipinski definition) is 2. The lowest BCUT2D eigenvalue weighted by Gasteiger charge is -2.10. The van der Waals surface area contributed by atoms with Gasteiger partial charge in [0.05, 0.1) is 27.1 Å². The van der Waals surface area contributed by atoms with Crippen molar-refractivity contribution in [2.45, 2.75) is 6.92 Å². The number of aromatic nitrogens is 2. The first-order valence-corrected chi connectivity index (χ1v) is 7.93. The molecule has 7 heteroatoms. The number of benzene rings is 2. The van der Waals surface area contributed by atoms with Gasteiger partial charge >= 0.3 is 6.03 Å². The van der Waals surface area contributed by atoms with Crippen molar-refractivity contribution in [1.29, 1.82) is 0 Å². The summed E-state index contributed by atoms with van der Waals surface area (Å²) >= 11 is 12.0.